The van der Waals surface area contributed by atoms with E-state index in [9.17, 15) is 19.2 Å². The molecule has 0 fully saturated rings. The Bertz CT molecular complexity index is 1250. The van der Waals surface area contributed by atoms with Crippen LogP contribution in [0.2, 0.25) is 5.02 Å². The maximum atomic E-state index is 12.4. The predicted octanol–water partition coefficient (Wildman–Crippen LogP) is 1.71. The summed E-state index contributed by atoms with van der Waals surface area (Å²) in [6.45, 7) is 2.26. The second kappa shape index (κ2) is 9.00. The number of amides is 2. The summed E-state index contributed by atoms with van der Waals surface area (Å²) in [6.07, 6.45) is 1.27. The van der Waals surface area contributed by atoms with E-state index in [0.29, 0.717) is 16.3 Å². The number of fused-ring (bicyclic) bond motifs is 1. The number of furan rings is 1. The van der Waals surface area contributed by atoms with Crippen molar-refractivity contribution in [2.45, 2.75) is 13.8 Å². The maximum absolute atomic E-state index is 12.4. The number of aryl methyl sites for hydroxylation is 2. The van der Waals surface area contributed by atoms with Crippen molar-refractivity contribution in [2.24, 2.45) is 7.05 Å². The quantitative estimate of drug-likeness (QED) is 0.550. The summed E-state index contributed by atoms with van der Waals surface area (Å²) in [7, 11) is 1.48. The van der Waals surface area contributed by atoms with Crippen LogP contribution < -0.4 is 16.2 Å². The Hall–Kier alpha value is -3.66. The summed E-state index contributed by atoms with van der Waals surface area (Å²) in [5.41, 5.74) is 0.652. The minimum atomic E-state index is -0.907. The molecule has 0 saturated carbocycles. The van der Waals surface area contributed by atoms with E-state index in [1.54, 1.807) is 25.1 Å². The van der Waals surface area contributed by atoms with Gasteiger partial charge in [0.15, 0.2) is 6.61 Å². The third kappa shape index (κ3) is 4.75. The molecule has 0 bridgehead atoms. The number of aromatic nitrogens is 2. The Morgan fingerprint density at radius 3 is 2.71 bits per heavy atom. The predicted molar refractivity (Wildman–Crippen MR) is 112 cm³/mol. The van der Waals surface area contributed by atoms with Gasteiger partial charge in [-0.1, -0.05) is 17.7 Å². The monoisotopic (exact) mass is 446 g/mol. The first-order valence-corrected chi connectivity index (χ1v) is 9.50. The topological polar surface area (TPSA) is 133 Å². The van der Waals surface area contributed by atoms with E-state index in [0.717, 1.165) is 0 Å². The van der Waals surface area contributed by atoms with Gasteiger partial charge in [-0.3, -0.25) is 14.4 Å². The van der Waals surface area contributed by atoms with Gasteiger partial charge in [0.1, 0.15) is 23.0 Å². The Morgan fingerprint density at radius 1 is 1.23 bits per heavy atom. The number of carbonyl (C=O) groups is 3. The molecule has 0 saturated heterocycles. The lowest BCUT2D eigenvalue weighted by molar-refractivity contribution is -0.126. The molecule has 0 aliphatic carbocycles. The summed E-state index contributed by atoms with van der Waals surface area (Å²) >= 11 is 6.00. The van der Waals surface area contributed by atoms with Gasteiger partial charge >= 0.3 is 5.97 Å². The number of anilines is 1. The molecule has 2 N–H and O–H groups in total. The molecule has 0 unspecified atom stereocenters. The zero-order valence-electron chi connectivity index (χ0n) is 16.9. The number of nitrogens with one attached hydrogen (secondary N) is 2. The standard InChI is InChI=1S/C20H19ClN4O6/c1-10-12(21)5-4-6-13(10)24-14(26)7-22-15(27)8-30-20(29)16-11(2)31-18-17(16)19(28)25(3)9-23-18/h4-6,9H,7-8H2,1-3H3,(H,22,27)(H,24,26). The highest BCUT2D eigenvalue weighted by Gasteiger charge is 2.24. The van der Waals surface area contributed by atoms with E-state index in [4.69, 9.17) is 20.8 Å². The van der Waals surface area contributed by atoms with Crippen LogP contribution in [0.4, 0.5) is 5.69 Å². The number of esters is 1. The second-order valence-electron chi connectivity index (χ2n) is 6.69. The molecule has 2 aromatic heterocycles. The number of hydrogen-bond donors (Lipinski definition) is 2. The molecule has 31 heavy (non-hydrogen) atoms. The van der Waals surface area contributed by atoms with Crippen LogP contribution >= 0.6 is 11.6 Å². The zero-order chi connectivity index (χ0) is 22.7. The minimum absolute atomic E-state index is 0.00461. The molecule has 3 rings (SSSR count). The van der Waals surface area contributed by atoms with Gasteiger partial charge in [-0.25, -0.2) is 9.78 Å². The number of rotatable bonds is 6. The van der Waals surface area contributed by atoms with Crippen molar-refractivity contribution in [3.63, 3.8) is 0 Å². The molecule has 10 nitrogen and oxygen atoms in total. The van der Waals surface area contributed by atoms with Crippen LogP contribution in [0.25, 0.3) is 11.1 Å². The van der Waals surface area contributed by atoms with Gasteiger partial charge in [0.25, 0.3) is 11.5 Å². The van der Waals surface area contributed by atoms with Crippen molar-refractivity contribution in [1.29, 1.82) is 0 Å². The number of ether oxygens (including phenoxy) is 1. The lowest BCUT2D eigenvalue weighted by Gasteiger charge is -2.10. The number of hydrogen-bond acceptors (Lipinski definition) is 7. The van der Waals surface area contributed by atoms with Gasteiger partial charge in [0.2, 0.25) is 11.6 Å². The molecule has 0 spiro atoms. The van der Waals surface area contributed by atoms with E-state index in [-0.39, 0.29) is 29.0 Å². The van der Waals surface area contributed by atoms with Crippen LogP contribution in [0.3, 0.4) is 0 Å². The molecule has 2 heterocycles. The first-order chi connectivity index (χ1) is 14.7. The molecule has 0 aliphatic heterocycles. The molecule has 2 amide bonds. The molecule has 0 aliphatic rings. The van der Waals surface area contributed by atoms with Gasteiger partial charge < -0.3 is 24.4 Å². The van der Waals surface area contributed by atoms with E-state index < -0.39 is 29.9 Å². The van der Waals surface area contributed by atoms with E-state index >= 15 is 0 Å². The SMILES string of the molecule is Cc1oc2ncn(C)c(=O)c2c1C(=O)OCC(=O)NCC(=O)Nc1cccc(Cl)c1C. The van der Waals surface area contributed by atoms with E-state index in [1.807, 2.05) is 0 Å². The molecule has 11 heteroatoms. The van der Waals surface area contributed by atoms with E-state index in [2.05, 4.69) is 15.6 Å². The molecule has 0 atom stereocenters. The maximum Gasteiger partial charge on any atom is 0.343 e. The van der Waals surface area contributed by atoms with Crippen molar-refractivity contribution < 1.29 is 23.5 Å². The fraction of sp³-hybridized carbons (Fsp3) is 0.250. The summed E-state index contributed by atoms with van der Waals surface area (Å²) in [4.78, 5) is 52.7. The van der Waals surface area contributed by atoms with Crippen molar-refractivity contribution >= 4 is 46.2 Å². The van der Waals surface area contributed by atoms with Gasteiger partial charge in [-0.15, -0.1) is 0 Å². The molecule has 0 radical (unpaired) electrons. The van der Waals surface area contributed by atoms with Crippen LogP contribution in [0.5, 0.6) is 0 Å². The van der Waals surface area contributed by atoms with Crippen molar-refractivity contribution in [3.8, 4) is 0 Å². The Morgan fingerprint density at radius 2 is 1.97 bits per heavy atom. The lowest BCUT2D eigenvalue weighted by Crippen LogP contribution is -2.35. The van der Waals surface area contributed by atoms with Crippen LogP contribution in [0.1, 0.15) is 21.7 Å². The number of nitrogens with zero attached hydrogens (tertiary/aromatic N) is 2. The Kier molecular flexibility index (Phi) is 6.40. The highest BCUT2D eigenvalue weighted by Crippen LogP contribution is 2.23. The Labute approximate surface area is 181 Å². The number of benzene rings is 1. The normalized spacial score (nSPS) is 10.7. The Balaban J connectivity index is 1.57. The van der Waals surface area contributed by atoms with E-state index in [1.165, 1.54) is 24.9 Å². The van der Waals surface area contributed by atoms with Gasteiger partial charge in [-0.2, -0.15) is 0 Å². The van der Waals surface area contributed by atoms with Crippen molar-refractivity contribution in [2.75, 3.05) is 18.5 Å². The molecule has 3 aromatic rings. The summed E-state index contributed by atoms with van der Waals surface area (Å²) < 4.78 is 11.5. The highest BCUT2D eigenvalue weighted by atomic mass is 35.5. The highest BCUT2D eigenvalue weighted by molar-refractivity contribution is 6.31. The van der Waals surface area contributed by atoms with Gasteiger partial charge in [0.05, 0.1) is 6.54 Å². The van der Waals surface area contributed by atoms with Gasteiger partial charge in [0, 0.05) is 17.8 Å². The smallest absolute Gasteiger partial charge is 0.343 e. The third-order valence-electron chi connectivity index (χ3n) is 4.47. The average Bonchev–Trinajstić information content (AvgIpc) is 3.07. The molecule has 1 aromatic carbocycles. The molecular formula is C20H19ClN4O6. The third-order valence-corrected chi connectivity index (χ3v) is 4.88. The zero-order valence-corrected chi connectivity index (χ0v) is 17.7. The largest absolute Gasteiger partial charge is 0.452 e. The van der Waals surface area contributed by atoms with Gasteiger partial charge in [-0.05, 0) is 31.5 Å². The second-order valence-corrected chi connectivity index (χ2v) is 7.09. The fourth-order valence-corrected chi connectivity index (χ4v) is 2.98. The van der Waals surface area contributed by atoms with Crippen molar-refractivity contribution in [1.82, 2.24) is 14.9 Å². The fourth-order valence-electron chi connectivity index (χ4n) is 2.80. The number of halogens is 1. The van der Waals surface area contributed by atoms with Crippen LogP contribution in [-0.2, 0) is 21.4 Å². The summed E-state index contributed by atoms with van der Waals surface area (Å²) in [5, 5.41) is 5.45. The van der Waals surface area contributed by atoms with Crippen LogP contribution in [-0.4, -0.2) is 40.5 Å². The first kappa shape index (κ1) is 22.0. The number of carbonyl (C=O) groups excluding carboxylic acids is 3. The average molecular weight is 447 g/mol. The first-order valence-electron chi connectivity index (χ1n) is 9.12. The summed E-state index contributed by atoms with van der Waals surface area (Å²) in [6, 6.07) is 5.06. The van der Waals surface area contributed by atoms with Crippen LogP contribution in [0, 0.1) is 13.8 Å². The summed E-state index contributed by atoms with van der Waals surface area (Å²) in [5.74, 6) is -1.93. The lowest BCUT2D eigenvalue weighted by atomic mass is 10.2. The minimum Gasteiger partial charge on any atom is -0.452 e. The molecular weight excluding hydrogens is 428 g/mol. The van der Waals surface area contributed by atoms with Crippen molar-refractivity contribution in [3.05, 3.63) is 56.8 Å². The molecule has 162 valence electrons. The van der Waals surface area contributed by atoms with Crippen LogP contribution in [0.15, 0.2) is 33.7 Å².